The Kier molecular flexibility index (Phi) is 3.19. The number of rotatable bonds is 2. The number of ether oxygens (including phenoxy) is 1. The van der Waals surface area contributed by atoms with Crippen molar-refractivity contribution in [3.8, 4) is 5.75 Å². The Bertz CT molecular complexity index is 491. The molecule has 2 aliphatic rings. The number of carbonyl (C=O) groups is 1. The molecule has 2 N–H and O–H groups in total. The Morgan fingerprint density at radius 2 is 2.28 bits per heavy atom. The molecule has 2 aliphatic heterocycles. The van der Waals surface area contributed by atoms with Crippen molar-refractivity contribution >= 4 is 28.5 Å². The summed E-state index contributed by atoms with van der Waals surface area (Å²) in [6, 6.07) is 5.11. The van der Waals surface area contributed by atoms with Gasteiger partial charge < -0.3 is 15.2 Å². The zero-order valence-electron chi connectivity index (χ0n) is 9.73. The van der Waals surface area contributed by atoms with Crippen molar-refractivity contribution in [2.45, 2.75) is 37.5 Å². The van der Waals surface area contributed by atoms with Crippen molar-refractivity contribution in [2.75, 3.05) is 0 Å². The van der Waals surface area contributed by atoms with E-state index in [9.17, 15) is 9.90 Å². The van der Waals surface area contributed by atoms with Gasteiger partial charge in [-0.05, 0) is 60.1 Å². The summed E-state index contributed by atoms with van der Waals surface area (Å²) in [5.74, 6) is -0.191. The Morgan fingerprint density at radius 3 is 2.94 bits per heavy atom. The van der Waals surface area contributed by atoms with Crippen LogP contribution in [0.5, 0.6) is 5.75 Å². The summed E-state index contributed by atoms with van der Waals surface area (Å²) in [5, 5.41) is 12.7. The minimum absolute atomic E-state index is 0.0250. The normalized spacial score (nSPS) is 29.5. The third-order valence-electron chi connectivity index (χ3n) is 3.63. The summed E-state index contributed by atoms with van der Waals surface area (Å²) in [6.07, 6.45) is 3.48. The predicted molar refractivity (Wildman–Crippen MR) is 74.6 cm³/mol. The molecule has 3 unspecified atom stereocenters. The van der Waals surface area contributed by atoms with E-state index in [0.29, 0.717) is 11.7 Å². The molecular formula is C13H14INO3. The van der Waals surface area contributed by atoms with Crippen LogP contribution in [-0.2, 0) is 4.74 Å². The smallest absolute Gasteiger partial charge is 0.255 e. The highest BCUT2D eigenvalue weighted by molar-refractivity contribution is 14.1. The SMILES string of the molecule is O=C(NC1CC2CCC1O2)c1cc(I)ccc1O. The lowest BCUT2D eigenvalue weighted by atomic mass is 9.95. The van der Waals surface area contributed by atoms with Crippen LogP contribution in [0, 0.1) is 3.57 Å². The molecule has 0 aliphatic carbocycles. The van der Waals surface area contributed by atoms with E-state index in [1.165, 1.54) is 0 Å². The average Bonchev–Trinajstić information content (AvgIpc) is 2.94. The van der Waals surface area contributed by atoms with E-state index in [1.807, 2.05) is 0 Å². The highest BCUT2D eigenvalue weighted by Gasteiger charge is 2.41. The first-order valence-corrected chi connectivity index (χ1v) is 7.16. The van der Waals surface area contributed by atoms with E-state index < -0.39 is 0 Å². The van der Waals surface area contributed by atoms with Gasteiger partial charge in [-0.3, -0.25) is 4.79 Å². The number of aromatic hydroxyl groups is 1. The van der Waals surface area contributed by atoms with Gasteiger partial charge in [0.2, 0.25) is 0 Å². The lowest BCUT2D eigenvalue weighted by Gasteiger charge is -2.20. The van der Waals surface area contributed by atoms with Crippen molar-refractivity contribution in [3.05, 3.63) is 27.3 Å². The molecule has 0 spiro atoms. The fraction of sp³-hybridized carbons (Fsp3) is 0.462. The van der Waals surface area contributed by atoms with Crippen molar-refractivity contribution in [3.63, 3.8) is 0 Å². The molecule has 3 rings (SSSR count). The fourth-order valence-electron chi connectivity index (χ4n) is 2.73. The third-order valence-corrected chi connectivity index (χ3v) is 4.30. The molecule has 2 saturated heterocycles. The van der Waals surface area contributed by atoms with Gasteiger partial charge in [0.05, 0.1) is 23.8 Å². The van der Waals surface area contributed by atoms with Crippen LogP contribution in [0.3, 0.4) is 0 Å². The summed E-state index contributed by atoms with van der Waals surface area (Å²) in [4.78, 5) is 12.1. The van der Waals surface area contributed by atoms with Crippen LogP contribution in [-0.4, -0.2) is 29.3 Å². The fourth-order valence-corrected chi connectivity index (χ4v) is 3.22. The lowest BCUT2D eigenvalue weighted by molar-refractivity contribution is 0.0839. The number of amides is 1. The summed E-state index contributed by atoms with van der Waals surface area (Å²) in [7, 11) is 0. The van der Waals surface area contributed by atoms with Crippen LogP contribution >= 0.6 is 22.6 Å². The topological polar surface area (TPSA) is 58.6 Å². The quantitative estimate of drug-likeness (QED) is 0.795. The molecule has 0 aromatic heterocycles. The number of phenolic OH excluding ortho intramolecular Hbond substituents is 1. The second kappa shape index (κ2) is 4.70. The summed E-state index contributed by atoms with van der Waals surface area (Å²) in [5.41, 5.74) is 0.338. The number of hydrogen-bond donors (Lipinski definition) is 2. The maximum Gasteiger partial charge on any atom is 0.255 e. The number of carbonyl (C=O) groups excluding carboxylic acids is 1. The molecule has 0 radical (unpaired) electrons. The molecule has 0 saturated carbocycles. The zero-order chi connectivity index (χ0) is 12.7. The first kappa shape index (κ1) is 12.2. The molecule has 1 aromatic rings. The van der Waals surface area contributed by atoms with E-state index >= 15 is 0 Å². The zero-order valence-corrected chi connectivity index (χ0v) is 11.9. The molecule has 1 amide bonds. The van der Waals surface area contributed by atoms with Gasteiger partial charge in [0.1, 0.15) is 5.75 Å². The van der Waals surface area contributed by atoms with Gasteiger partial charge in [-0.1, -0.05) is 0 Å². The van der Waals surface area contributed by atoms with Crippen molar-refractivity contribution < 1.29 is 14.6 Å². The largest absolute Gasteiger partial charge is 0.507 e. The Hall–Kier alpha value is -0.820. The maximum atomic E-state index is 12.1. The van der Waals surface area contributed by atoms with Crippen molar-refractivity contribution in [1.29, 1.82) is 0 Å². The summed E-state index contributed by atoms with van der Waals surface area (Å²) < 4.78 is 6.63. The van der Waals surface area contributed by atoms with Gasteiger partial charge in [0.15, 0.2) is 0 Å². The Labute approximate surface area is 119 Å². The minimum atomic E-state index is -0.216. The van der Waals surface area contributed by atoms with Crippen molar-refractivity contribution in [1.82, 2.24) is 5.32 Å². The van der Waals surface area contributed by atoms with Crippen LogP contribution in [0.15, 0.2) is 18.2 Å². The molecular weight excluding hydrogens is 345 g/mol. The highest BCUT2D eigenvalue weighted by Crippen LogP contribution is 2.34. The van der Waals surface area contributed by atoms with Gasteiger partial charge >= 0.3 is 0 Å². The molecule has 4 nitrogen and oxygen atoms in total. The lowest BCUT2D eigenvalue weighted by Crippen LogP contribution is -2.41. The predicted octanol–water partition coefficient (Wildman–Crippen LogP) is 2.05. The molecule has 2 heterocycles. The van der Waals surface area contributed by atoms with E-state index in [-0.39, 0.29) is 23.8 Å². The first-order chi connectivity index (χ1) is 8.63. The molecule has 96 valence electrons. The number of phenols is 1. The first-order valence-electron chi connectivity index (χ1n) is 6.08. The number of nitrogens with one attached hydrogen (secondary N) is 1. The van der Waals surface area contributed by atoms with Gasteiger partial charge in [0.25, 0.3) is 5.91 Å². The average molecular weight is 359 g/mol. The van der Waals surface area contributed by atoms with Gasteiger partial charge in [-0.15, -0.1) is 0 Å². The van der Waals surface area contributed by atoms with Gasteiger partial charge in [-0.25, -0.2) is 0 Å². The highest BCUT2D eigenvalue weighted by atomic mass is 127. The van der Waals surface area contributed by atoms with Crippen LogP contribution < -0.4 is 5.32 Å². The van der Waals surface area contributed by atoms with E-state index in [1.54, 1.807) is 18.2 Å². The Morgan fingerprint density at radius 1 is 1.44 bits per heavy atom. The summed E-state index contributed by atoms with van der Waals surface area (Å²) in [6.45, 7) is 0. The minimum Gasteiger partial charge on any atom is -0.507 e. The van der Waals surface area contributed by atoms with Gasteiger partial charge in [0, 0.05) is 3.57 Å². The summed E-state index contributed by atoms with van der Waals surface area (Å²) >= 11 is 2.12. The monoisotopic (exact) mass is 359 g/mol. The maximum absolute atomic E-state index is 12.1. The molecule has 5 heteroatoms. The Balaban J connectivity index is 1.73. The molecule has 2 fully saturated rings. The van der Waals surface area contributed by atoms with Crippen LogP contribution in [0.4, 0.5) is 0 Å². The number of hydrogen-bond acceptors (Lipinski definition) is 3. The number of halogens is 1. The standard InChI is InChI=1S/C13H14INO3/c14-7-1-3-11(16)9(5-7)13(17)15-10-6-8-2-4-12(10)18-8/h1,3,5,8,10,12,16H,2,4,6H2,(H,15,17). The van der Waals surface area contributed by atoms with Gasteiger partial charge in [-0.2, -0.15) is 0 Å². The molecule has 2 bridgehead atoms. The van der Waals surface area contributed by atoms with E-state index in [4.69, 9.17) is 4.74 Å². The second-order valence-corrected chi connectivity index (χ2v) is 6.10. The molecule has 3 atom stereocenters. The third kappa shape index (κ3) is 2.21. The van der Waals surface area contributed by atoms with E-state index in [2.05, 4.69) is 27.9 Å². The van der Waals surface area contributed by atoms with Crippen molar-refractivity contribution in [2.24, 2.45) is 0 Å². The molecule has 1 aromatic carbocycles. The second-order valence-electron chi connectivity index (χ2n) is 4.85. The van der Waals surface area contributed by atoms with Crippen LogP contribution in [0.1, 0.15) is 29.6 Å². The number of benzene rings is 1. The number of fused-ring (bicyclic) bond motifs is 2. The van der Waals surface area contributed by atoms with Crippen LogP contribution in [0.25, 0.3) is 0 Å². The van der Waals surface area contributed by atoms with Crippen LogP contribution in [0.2, 0.25) is 0 Å². The molecule has 18 heavy (non-hydrogen) atoms. The van der Waals surface area contributed by atoms with E-state index in [0.717, 1.165) is 22.8 Å².